The lowest BCUT2D eigenvalue weighted by molar-refractivity contribution is 0.113. The standard InChI is InChI=1S/C9H10Br3NO2/c10-5-1-7(11)9(8(12)2-5)15-4-6(14)3-13/h1-2,6,14H,3-4,13H2. The molecule has 0 spiro atoms. The van der Waals surface area contributed by atoms with Gasteiger partial charge in [-0.05, 0) is 44.0 Å². The van der Waals surface area contributed by atoms with Crippen molar-refractivity contribution in [3.05, 3.63) is 25.6 Å². The predicted molar refractivity (Wildman–Crippen MR) is 70.1 cm³/mol. The van der Waals surface area contributed by atoms with Gasteiger partial charge in [0.05, 0.1) is 8.95 Å². The molecule has 84 valence electrons. The summed E-state index contributed by atoms with van der Waals surface area (Å²) in [6, 6.07) is 3.74. The largest absolute Gasteiger partial charge is 0.488 e. The molecule has 0 aliphatic heterocycles. The molecule has 0 aliphatic rings. The van der Waals surface area contributed by atoms with E-state index in [4.69, 9.17) is 10.5 Å². The van der Waals surface area contributed by atoms with E-state index in [-0.39, 0.29) is 13.2 Å². The molecular weight excluding hydrogens is 394 g/mol. The van der Waals surface area contributed by atoms with Crippen molar-refractivity contribution in [2.45, 2.75) is 6.10 Å². The number of halogens is 3. The molecule has 0 heterocycles. The van der Waals surface area contributed by atoms with Crippen molar-refractivity contribution in [1.29, 1.82) is 0 Å². The van der Waals surface area contributed by atoms with Crippen LogP contribution in [0.5, 0.6) is 5.75 Å². The maximum absolute atomic E-state index is 9.27. The van der Waals surface area contributed by atoms with Crippen molar-refractivity contribution in [1.82, 2.24) is 0 Å². The van der Waals surface area contributed by atoms with E-state index >= 15 is 0 Å². The van der Waals surface area contributed by atoms with Crippen LogP contribution in [0.4, 0.5) is 0 Å². The van der Waals surface area contributed by atoms with Crippen molar-refractivity contribution in [2.75, 3.05) is 13.2 Å². The summed E-state index contributed by atoms with van der Waals surface area (Å²) in [4.78, 5) is 0. The summed E-state index contributed by atoms with van der Waals surface area (Å²) in [6.07, 6.45) is -0.646. The Morgan fingerprint density at radius 2 is 1.80 bits per heavy atom. The Morgan fingerprint density at radius 1 is 1.27 bits per heavy atom. The molecule has 15 heavy (non-hydrogen) atoms. The van der Waals surface area contributed by atoms with E-state index in [0.717, 1.165) is 13.4 Å². The third-order valence-electron chi connectivity index (χ3n) is 1.66. The highest BCUT2D eigenvalue weighted by Gasteiger charge is 2.10. The minimum absolute atomic E-state index is 0.176. The van der Waals surface area contributed by atoms with E-state index in [1.807, 2.05) is 12.1 Å². The minimum Gasteiger partial charge on any atom is -0.488 e. The molecule has 1 aromatic carbocycles. The fraction of sp³-hybridized carbons (Fsp3) is 0.333. The number of rotatable bonds is 4. The summed E-state index contributed by atoms with van der Waals surface area (Å²) in [7, 11) is 0. The molecule has 0 bridgehead atoms. The lowest BCUT2D eigenvalue weighted by Crippen LogP contribution is -2.26. The van der Waals surface area contributed by atoms with Gasteiger partial charge in [0.25, 0.3) is 0 Å². The molecule has 0 saturated heterocycles. The van der Waals surface area contributed by atoms with Gasteiger partial charge in [0, 0.05) is 11.0 Å². The van der Waals surface area contributed by atoms with Gasteiger partial charge in [-0.2, -0.15) is 0 Å². The normalized spacial score (nSPS) is 12.6. The Hall–Kier alpha value is 0.380. The second-order valence-corrected chi connectivity index (χ2v) is 5.52. The Bertz CT molecular complexity index is 323. The van der Waals surface area contributed by atoms with Crippen molar-refractivity contribution in [3.63, 3.8) is 0 Å². The lowest BCUT2D eigenvalue weighted by atomic mass is 10.3. The van der Waals surface area contributed by atoms with Gasteiger partial charge in [0.2, 0.25) is 0 Å². The minimum atomic E-state index is -0.646. The van der Waals surface area contributed by atoms with Crippen molar-refractivity contribution < 1.29 is 9.84 Å². The Labute approximate surface area is 113 Å². The lowest BCUT2D eigenvalue weighted by Gasteiger charge is -2.13. The summed E-state index contributed by atoms with van der Waals surface area (Å²) in [6.45, 7) is 0.362. The number of aliphatic hydroxyl groups is 1. The second-order valence-electron chi connectivity index (χ2n) is 2.90. The number of hydrogen-bond acceptors (Lipinski definition) is 3. The van der Waals surface area contributed by atoms with Gasteiger partial charge in [0.15, 0.2) is 0 Å². The van der Waals surface area contributed by atoms with Crippen molar-refractivity contribution in [3.8, 4) is 5.75 Å². The van der Waals surface area contributed by atoms with Gasteiger partial charge < -0.3 is 15.6 Å². The summed E-state index contributed by atoms with van der Waals surface area (Å²) < 4.78 is 7.99. The van der Waals surface area contributed by atoms with Crippen LogP contribution in [0.25, 0.3) is 0 Å². The molecule has 1 rings (SSSR count). The average molecular weight is 404 g/mol. The zero-order valence-corrected chi connectivity index (χ0v) is 12.5. The summed E-state index contributed by atoms with van der Waals surface area (Å²) in [5, 5.41) is 9.27. The zero-order valence-electron chi connectivity index (χ0n) is 7.71. The van der Waals surface area contributed by atoms with Gasteiger partial charge in [0.1, 0.15) is 18.5 Å². The summed E-state index contributed by atoms with van der Waals surface area (Å²) in [5.41, 5.74) is 5.28. The number of ether oxygens (including phenoxy) is 1. The molecule has 3 nitrogen and oxygen atoms in total. The van der Waals surface area contributed by atoms with Gasteiger partial charge in [-0.25, -0.2) is 0 Å². The quantitative estimate of drug-likeness (QED) is 0.812. The smallest absolute Gasteiger partial charge is 0.147 e. The summed E-state index contributed by atoms with van der Waals surface area (Å²) >= 11 is 10.1. The Kier molecular flexibility index (Phi) is 5.56. The topological polar surface area (TPSA) is 55.5 Å². The van der Waals surface area contributed by atoms with Crippen LogP contribution in [0.15, 0.2) is 25.6 Å². The first-order valence-corrected chi connectivity index (χ1v) is 6.58. The first-order chi connectivity index (χ1) is 7.04. The molecule has 0 fully saturated rings. The Balaban J connectivity index is 2.77. The number of hydrogen-bond donors (Lipinski definition) is 2. The fourth-order valence-electron chi connectivity index (χ4n) is 0.914. The van der Waals surface area contributed by atoms with Crippen molar-refractivity contribution in [2.24, 2.45) is 5.73 Å². The van der Waals surface area contributed by atoms with Gasteiger partial charge in [-0.3, -0.25) is 0 Å². The summed E-state index contributed by atoms with van der Waals surface area (Å²) in [5.74, 6) is 0.658. The monoisotopic (exact) mass is 401 g/mol. The SMILES string of the molecule is NCC(O)COc1c(Br)cc(Br)cc1Br. The fourth-order valence-corrected chi connectivity index (χ4v) is 3.40. The molecule has 0 radical (unpaired) electrons. The predicted octanol–water partition coefficient (Wildman–Crippen LogP) is 2.67. The van der Waals surface area contributed by atoms with E-state index in [1.54, 1.807) is 0 Å². The second kappa shape index (κ2) is 6.20. The van der Waals surface area contributed by atoms with Crippen LogP contribution in [0.2, 0.25) is 0 Å². The van der Waals surface area contributed by atoms with E-state index in [2.05, 4.69) is 47.8 Å². The van der Waals surface area contributed by atoms with Gasteiger partial charge in [-0.1, -0.05) is 15.9 Å². The highest BCUT2D eigenvalue weighted by molar-refractivity contribution is 9.11. The number of benzene rings is 1. The molecule has 0 aliphatic carbocycles. The first kappa shape index (κ1) is 13.4. The van der Waals surface area contributed by atoms with Gasteiger partial charge in [-0.15, -0.1) is 0 Å². The first-order valence-electron chi connectivity index (χ1n) is 4.20. The van der Waals surface area contributed by atoms with Crippen LogP contribution >= 0.6 is 47.8 Å². The average Bonchev–Trinajstić information content (AvgIpc) is 2.15. The van der Waals surface area contributed by atoms with Crippen molar-refractivity contribution >= 4 is 47.8 Å². The van der Waals surface area contributed by atoms with E-state index in [9.17, 15) is 5.11 Å². The maximum atomic E-state index is 9.27. The molecule has 6 heteroatoms. The van der Waals surface area contributed by atoms with E-state index in [1.165, 1.54) is 0 Å². The molecule has 1 unspecified atom stereocenters. The highest BCUT2D eigenvalue weighted by Crippen LogP contribution is 2.36. The van der Waals surface area contributed by atoms with Crippen LogP contribution < -0.4 is 10.5 Å². The maximum Gasteiger partial charge on any atom is 0.147 e. The van der Waals surface area contributed by atoms with Crippen LogP contribution in [-0.4, -0.2) is 24.4 Å². The van der Waals surface area contributed by atoms with Crippen LogP contribution in [-0.2, 0) is 0 Å². The van der Waals surface area contributed by atoms with Crippen LogP contribution in [0, 0.1) is 0 Å². The molecule has 1 atom stereocenters. The third-order valence-corrected chi connectivity index (χ3v) is 3.29. The molecule has 0 amide bonds. The molecular formula is C9H10Br3NO2. The third kappa shape index (κ3) is 4.03. The van der Waals surface area contributed by atoms with Crippen LogP contribution in [0.3, 0.4) is 0 Å². The highest BCUT2D eigenvalue weighted by atomic mass is 79.9. The van der Waals surface area contributed by atoms with Gasteiger partial charge >= 0.3 is 0 Å². The Morgan fingerprint density at radius 3 is 2.27 bits per heavy atom. The molecule has 0 saturated carbocycles. The number of nitrogens with two attached hydrogens (primary N) is 1. The zero-order chi connectivity index (χ0) is 11.4. The molecule has 1 aromatic rings. The van der Waals surface area contributed by atoms with E-state index < -0.39 is 6.10 Å². The van der Waals surface area contributed by atoms with E-state index in [0.29, 0.717) is 5.75 Å². The molecule has 0 aromatic heterocycles. The van der Waals surface area contributed by atoms with Crippen LogP contribution in [0.1, 0.15) is 0 Å². The number of aliphatic hydroxyl groups excluding tert-OH is 1. The molecule has 3 N–H and O–H groups in total.